The summed E-state index contributed by atoms with van der Waals surface area (Å²) in [5.41, 5.74) is 3.03. The molecule has 150 valence electrons. The number of nitrogens with one attached hydrogen (secondary N) is 1. The molecule has 1 unspecified atom stereocenters. The molecule has 2 N–H and O–H groups in total. The molecule has 28 heavy (non-hydrogen) atoms. The van der Waals surface area contributed by atoms with Gasteiger partial charge in [0.25, 0.3) is 0 Å². The Labute approximate surface area is 169 Å². The summed E-state index contributed by atoms with van der Waals surface area (Å²) in [6.07, 6.45) is 2.62. The lowest BCUT2D eigenvalue weighted by atomic mass is 9.75. The molecule has 0 aromatic heterocycles. The fraction of sp³-hybridized carbons (Fsp3) is 0.429. The van der Waals surface area contributed by atoms with E-state index in [2.05, 4.69) is 5.32 Å². The van der Waals surface area contributed by atoms with Crippen molar-refractivity contribution in [1.29, 1.82) is 0 Å². The van der Waals surface area contributed by atoms with Crippen molar-refractivity contribution in [1.82, 2.24) is 5.32 Å². The van der Waals surface area contributed by atoms with Gasteiger partial charge in [0.1, 0.15) is 0 Å². The van der Waals surface area contributed by atoms with Crippen LogP contribution in [-0.4, -0.2) is 30.6 Å². The van der Waals surface area contributed by atoms with Crippen LogP contribution in [0.4, 0.5) is 0 Å². The average molecular weight is 406 g/mol. The summed E-state index contributed by atoms with van der Waals surface area (Å²) in [6.45, 7) is 4.01. The maximum absolute atomic E-state index is 12.9. The number of phenols is 1. The van der Waals surface area contributed by atoms with Crippen molar-refractivity contribution in [3.05, 3.63) is 45.3 Å². The molecule has 7 heteroatoms. The van der Waals surface area contributed by atoms with E-state index in [1.54, 1.807) is 19.1 Å². The standard InChI is InChI=1S/C21H24ClNO5/c1-4-8-28-21(26)17-11(2)23-14-6-5-7-15(24)19(14)18(17)12-9-13(22)20(25)16(10-12)27-3/h9-10,18,23,25H,4-8H2,1-3H3. The molecule has 1 aliphatic carbocycles. The Hall–Kier alpha value is -2.47. The summed E-state index contributed by atoms with van der Waals surface area (Å²) in [5.74, 6) is -1.09. The molecular formula is C21H24ClNO5. The van der Waals surface area contributed by atoms with Crippen molar-refractivity contribution in [3.8, 4) is 11.5 Å². The van der Waals surface area contributed by atoms with Gasteiger partial charge < -0.3 is 19.9 Å². The largest absolute Gasteiger partial charge is 0.503 e. The lowest BCUT2D eigenvalue weighted by Crippen LogP contribution is -2.34. The highest BCUT2D eigenvalue weighted by Gasteiger charge is 2.39. The number of Topliss-reactive ketones (excluding diaryl/α,β-unsaturated/α-hetero) is 1. The van der Waals surface area contributed by atoms with Crippen LogP contribution in [0.5, 0.6) is 11.5 Å². The fourth-order valence-electron chi connectivity index (χ4n) is 3.78. The molecule has 2 aliphatic rings. The molecule has 0 radical (unpaired) electrons. The molecule has 0 spiro atoms. The minimum absolute atomic E-state index is 0.00444. The van der Waals surface area contributed by atoms with Gasteiger partial charge in [-0.15, -0.1) is 0 Å². The maximum Gasteiger partial charge on any atom is 0.336 e. The topological polar surface area (TPSA) is 84.9 Å². The lowest BCUT2D eigenvalue weighted by molar-refractivity contribution is -0.139. The Bertz CT molecular complexity index is 887. The van der Waals surface area contributed by atoms with Crippen LogP contribution in [0.15, 0.2) is 34.7 Å². The molecular weight excluding hydrogens is 382 g/mol. The van der Waals surface area contributed by atoms with E-state index in [0.717, 1.165) is 18.5 Å². The van der Waals surface area contributed by atoms with Crippen molar-refractivity contribution < 1.29 is 24.2 Å². The van der Waals surface area contributed by atoms with E-state index in [-0.39, 0.29) is 22.3 Å². The molecule has 0 bridgehead atoms. The predicted octanol–water partition coefficient (Wildman–Crippen LogP) is 3.98. The zero-order chi connectivity index (χ0) is 20.4. The molecule has 0 saturated carbocycles. The highest BCUT2D eigenvalue weighted by molar-refractivity contribution is 6.32. The van der Waals surface area contributed by atoms with Crippen molar-refractivity contribution in [3.63, 3.8) is 0 Å². The number of ketones is 1. The number of rotatable bonds is 5. The number of allylic oxidation sites excluding steroid dienone is 3. The van der Waals surface area contributed by atoms with E-state index in [4.69, 9.17) is 21.1 Å². The minimum Gasteiger partial charge on any atom is -0.503 e. The fourth-order valence-corrected chi connectivity index (χ4v) is 3.99. The van der Waals surface area contributed by atoms with E-state index in [9.17, 15) is 14.7 Å². The summed E-state index contributed by atoms with van der Waals surface area (Å²) in [5, 5.41) is 13.4. The summed E-state index contributed by atoms with van der Waals surface area (Å²) in [4.78, 5) is 25.7. The second kappa shape index (κ2) is 8.27. The van der Waals surface area contributed by atoms with Gasteiger partial charge in [0.05, 0.1) is 24.3 Å². The molecule has 0 amide bonds. The van der Waals surface area contributed by atoms with Gasteiger partial charge >= 0.3 is 5.97 Å². The number of benzene rings is 1. The van der Waals surface area contributed by atoms with Gasteiger partial charge in [-0.2, -0.15) is 0 Å². The first-order valence-corrected chi connectivity index (χ1v) is 9.74. The van der Waals surface area contributed by atoms with Crippen LogP contribution >= 0.6 is 11.6 Å². The van der Waals surface area contributed by atoms with E-state index in [1.165, 1.54) is 7.11 Å². The van der Waals surface area contributed by atoms with Gasteiger partial charge in [0.15, 0.2) is 17.3 Å². The van der Waals surface area contributed by atoms with Gasteiger partial charge in [-0.05, 0) is 43.9 Å². The van der Waals surface area contributed by atoms with Gasteiger partial charge in [-0.3, -0.25) is 4.79 Å². The van der Waals surface area contributed by atoms with Crippen molar-refractivity contribution in [2.75, 3.05) is 13.7 Å². The van der Waals surface area contributed by atoms with Crippen LogP contribution in [0.2, 0.25) is 5.02 Å². The van der Waals surface area contributed by atoms with Gasteiger partial charge in [-0.25, -0.2) is 4.79 Å². The summed E-state index contributed by atoms with van der Waals surface area (Å²) in [6, 6.07) is 3.19. The number of carbonyl (C=O) groups is 2. The number of aromatic hydroxyl groups is 1. The maximum atomic E-state index is 12.9. The molecule has 1 atom stereocenters. The molecule has 3 rings (SSSR count). The molecule has 6 nitrogen and oxygen atoms in total. The summed E-state index contributed by atoms with van der Waals surface area (Å²) in [7, 11) is 1.42. The number of hydrogen-bond donors (Lipinski definition) is 2. The van der Waals surface area contributed by atoms with Crippen molar-refractivity contribution in [2.24, 2.45) is 0 Å². The van der Waals surface area contributed by atoms with Crippen molar-refractivity contribution in [2.45, 2.75) is 45.4 Å². The molecule has 1 aliphatic heterocycles. The van der Waals surface area contributed by atoms with Crippen LogP contribution in [0.3, 0.4) is 0 Å². The van der Waals surface area contributed by atoms with E-state index in [1.807, 2.05) is 6.92 Å². The third-order valence-electron chi connectivity index (χ3n) is 5.04. The third kappa shape index (κ3) is 3.61. The number of hydrogen-bond acceptors (Lipinski definition) is 6. The third-order valence-corrected chi connectivity index (χ3v) is 5.33. The quantitative estimate of drug-likeness (QED) is 0.721. The Morgan fingerprint density at radius 2 is 2.11 bits per heavy atom. The summed E-state index contributed by atoms with van der Waals surface area (Å²) >= 11 is 6.20. The second-order valence-electron chi connectivity index (χ2n) is 6.96. The van der Waals surface area contributed by atoms with Gasteiger partial charge in [-0.1, -0.05) is 18.5 Å². The zero-order valence-electron chi connectivity index (χ0n) is 16.2. The van der Waals surface area contributed by atoms with E-state index >= 15 is 0 Å². The number of carbonyl (C=O) groups excluding carboxylic acids is 2. The number of methoxy groups -OCH3 is 1. The number of esters is 1. The van der Waals surface area contributed by atoms with Gasteiger partial charge in [0.2, 0.25) is 0 Å². The smallest absolute Gasteiger partial charge is 0.336 e. The number of ether oxygens (including phenoxy) is 2. The Kier molecular flexibility index (Phi) is 5.98. The first-order valence-electron chi connectivity index (χ1n) is 9.36. The zero-order valence-corrected chi connectivity index (χ0v) is 17.0. The van der Waals surface area contributed by atoms with E-state index < -0.39 is 11.9 Å². The molecule has 1 heterocycles. The Balaban J connectivity index is 2.19. The molecule has 1 aromatic carbocycles. The normalized spacial score (nSPS) is 19.3. The lowest BCUT2D eigenvalue weighted by Gasteiger charge is -2.34. The SMILES string of the molecule is CCCOC(=O)C1=C(C)NC2=C(C(=O)CCC2)C1c1cc(Cl)c(O)c(OC)c1. The minimum atomic E-state index is -0.625. The van der Waals surface area contributed by atoms with Crippen LogP contribution < -0.4 is 10.1 Å². The van der Waals surface area contributed by atoms with Crippen LogP contribution in [0.1, 0.15) is 51.0 Å². The molecule has 0 saturated heterocycles. The summed E-state index contributed by atoms with van der Waals surface area (Å²) < 4.78 is 10.6. The van der Waals surface area contributed by atoms with Crippen molar-refractivity contribution >= 4 is 23.4 Å². The predicted molar refractivity (Wildman–Crippen MR) is 105 cm³/mol. The number of dihydropyridines is 1. The molecule has 0 fully saturated rings. The first kappa shape index (κ1) is 20.3. The molecule has 1 aromatic rings. The Morgan fingerprint density at radius 3 is 2.79 bits per heavy atom. The highest BCUT2D eigenvalue weighted by Crippen LogP contribution is 2.46. The number of halogens is 1. The van der Waals surface area contributed by atoms with Crippen LogP contribution in [0, 0.1) is 0 Å². The average Bonchev–Trinajstić information content (AvgIpc) is 2.67. The second-order valence-corrected chi connectivity index (χ2v) is 7.36. The van der Waals surface area contributed by atoms with Crippen LogP contribution in [0.25, 0.3) is 0 Å². The monoisotopic (exact) mass is 405 g/mol. The number of phenolic OH excluding ortho intramolecular Hbond substituents is 1. The highest BCUT2D eigenvalue weighted by atomic mass is 35.5. The van der Waals surface area contributed by atoms with Gasteiger partial charge in [0, 0.05) is 29.3 Å². The Morgan fingerprint density at radius 1 is 1.36 bits per heavy atom. The van der Waals surface area contributed by atoms with E-state index in [0.29, 0.717) is 41.9 Å². The first-order chi connectivity index (χ1) is 13.4. The van der Waals surface area contributed by atoms with Crippen LogP contribution in [-0.2, 0) is 14.3 Å².